The molecule has 4 rings (SSSR count). The number of fused-ring (bicyclic) bond motifs is 1. The van der Waals surface area contributed by atoms with E-state index in [4.69, 9.17) is 14.2 Å². The molecule has 2 saturated heterocycles. The Bertz CT molecular complexity index is 483. The van der Waals surface area contributed by atoms with Crippen molar-refractivity contribution in [1.29, 1.82) is 0 Å². The number of aliphatic hydroxyl groups is 1. The topological polar surface area (TPSA) is 47.9 Å². The molecule has 0 bridgehead atoms. The van der Waals surface area contributed by atoms with Crippen LogP contribution in [0.2, 0.25) is 0 Å². The maximum atomic E-state index is 10.5. The van der Waals surface area contributed by atoms with Crippen LogP contribution >= 0.6 is 0 Å². The molecule has 4 heteroatoms. The molecule has 4 nitrogen and oxygen atoms in total. The second kappa shape index (κ2) is 5.36. The molecule has 1 spiro atoms. The van der Waals surface area contributed by atoms with Crippen molar-refractivity contribution >= 4 is 0 Å². The summed E-state index contributed by atoms with van der Waals surface area (Å²) >= 11 is 0. The first kappa shape index (κ1) is 13.7. The zero-order chi connectivity index (χ0) is 14.3. The molecule has 1 aromatic carbocycles. The summed E-state index contributed by atoms with van der Waals surface area (Å²) in [7, 11) is 0. The summed E-state index contributed by atoms with van der Waals surface area (Å²) in [5, 5.41) is 10.5. The second-order valence-electron chi connectivity index (χ2n) is 6.39. The van der Waals surface area contributed by atoms with Crippen molar-refractivity contribution in [2.75, 3.05) is 0 Å². The van der Waals surface area contributed by atoms with Crippen LogP contribution in [0.25, 0.3) is 0 Å². The molecule has 2 aliphatic heterocycles. The van der Waals surface area contributed by atoms with Crippen LogP contribution in [0.3, 0.4) is 0 Å². The molecule has 1 N–H and O–H groups in total. The van der Waals surface area contributed by atoms with E-state index in [9.17, 15) is 5.11 Å². The molecule has 3 fully saturated rings. The molecule has 0 radical (unpaired) electrons. The third-order valence-corrected chi connectivity index (χ3v) is 4.87. The van der Waals surface area contributed by atoms with E-state index in [1.807, 2.05) is 18.2 Å². The van der Waals surface area contributed by atoms with Gasteiger partial charge in [0.15, 0.2) is 12.1 Å². The first-order chi connectivity index (χ1) is 10.3. The lowest BCUT2D eigenvalue weighted by molar-refractivity contribution is -0.245. The molecule has 0 amide bonds. The summed E-state index contributed by atoms with van der Waals surface area (Å²) in [6.07, 6.45) is 4.41. The minimum Gasteiger partial charge on any atom is -0.387 e. The standard InChI is InChI=1S/C17H22O4/c18-14-13(11-12-7-3-1-4-8-12)19-16-15(14)20-17(21-16)9-5-2-6-10-17/h1,3-4,7-8,13-16,18H,2,5-6,9-11H2/t13-,14+,15-,16-/m1/s1. The summed E-state index contributed by atoms with van der Waals surface area (Å²) in [5.41, 5.74) is 1.16. The van der Waals surface area contributed by atoms with Gasteiger partial charge in [-0.25, -0.2) is 0 Å². The number of hydrogen-bond donors (Lipinski definition) is 1. The van der Waals surface area contributed by atoms with E-state index >= 15 is 0 Å². The maximum absolute atomic E-state index is 10.5. The highest BCUT2D eigenvalue weighted by Gasteiger charge is 2.57. The normalized spacial score (nSPS) is 37.8. The Hall–Kier alpha value is -0.940. The van der Waals surface area contributed by atoms with E-state index in [1.54, 1.807) is 0 Å². The van der Waals surface area contributed by atoms with E-state index < -0.39 is 18.2 Å². The van der Waals surface area contributed by atoms with Gasteiger partial charge in [0.05, 0.1) is 6.10 Å². The van der Waals surface area contributed by atoms with E-state index in [-0.39, 0.29) is 12.2 Å². The Morgan fingerprint density at radius 1 is 1.05 bits per heavy atom. The van der Waals surface area contributed by atoms with Crippen LogP contribution < -0.4 is 0 Å². The molecule has 1 saturated carbocycles. The third kappa shape index (κ3) is 2.50. The third-order valence-electron chi connectivity index (χ3n) is 4.87. The molecular formula is C17H22O4. The Morgan fingerprint density at radius 3 is 2.52 bits per heavy atom. The molecule has 114 valence electrons. The highest BCUT2D eigenvalue weighted by molar-refractivity contribution is 5.16. The van der Waals surface area contributed by atoms with Crippen molar-refractivity contribution < 1.29 is 19.3 Å². The monoisotopic (exact) mass is 290 g/mol. The van der Waals surface area contributed by atoms with Crippen molar-refractivity contribution in [3.05, 3.63) is 35.9 Å². The average Bonchev–Trinajstić information content (AvgIpc) is 2.98. The van der Waals surface area contributed by atoms with Crippen molar-refractivity contribution in [2.45, 2.75) is 68.9 Å². The van der Waals surface area contributed by atoms with Crippen LogP contribution in [-0.4, -0.2) is 35.5 Å². The molecule has 0 aromatic heterocycles. The van der Waals surface area contributed by atoms with Crippen LogP contribution in [0.15, 0.2) is 30.3 Å². The minimum absolute atomic E-state index is 0.247. The Labute approximate surface area is 125 Å². The largest absolute Gasteiger partial charge is 0.387 e. The van der Waals surface area contributed by atoms with E-state index in [2.05, 4.69) is 12.1 Å². The molecule has 4 atom stereocenters. The number of hydrogen-bond acceptors (Lipinski definition) is 4. The first-order valence-electron chi connectivity index (χ1n) is 7.99. The zero-order valence-corrected chi connectivity index (χ0v) is 12.1. The van der Waals surface area contributed by atoms with Crippen LogP contribution in [0.5, 0.6) is 0 Å². The molecule has 0 unspecified atom stereocenters. The lowest BCUT2D eigenvalue weighted by Crippen LogP contribution is -2.39. The van der Waals surface area contributed by atoms with Gasteiger partial charge >= 0.3 is 0 Å². The first-order valence-corrected chi connectivity index (χ1v) is 7.99. The Morgan fingerprint density at radius 2 is 1.81 bits per heavy atom. The van der Waals surface area contributed by atoms with E-state index in [0.29, 0.717) is 6.42 Å². The quantitative estimate of drug-likeness (QED) is 0.908. The van der Waals surface area contributed by atoms with Gasteiger partial charge in [0.2, 0.25) is 0 Å². The van der Waals surface area contributed by atoms with Crippen LogP contribution in [0, 0.1) is 0 Å². The summed E-state index contributed by atoms with van der Waals surface area (Å²) in [5.74, 6) is -0.494. The molecule has 2 heterocycles. The molecule has 3 aliphatic rings. The maximum Gasteiger partial charge on any atom is 0.190 e. The predicted molar refractivity (Wildman–Crippen MR) is 76.6 cm³/mol. The molecule has 21 heavy (non-hydrogen) atoms. The lowest BCUT2D eigenvalue weighted by atomic mass is 9.94. The fraction of sp³-hybridized carbons (Fsp3) is 0.647. The summed E-state index contributed by atoms with van der Waals surface area (Å²) in [6, 6.07) is 10.1. The van der Waals surface area contributed by atoms with Crippen LogP contribution in [0.4, 0.5) is 0 Å². The van der Waals surface area contributed by atoms with Crippen molar-refractivity contribution in [3.8, 4) is 0 Å². The Kier molecular flexibility index (Phi) is 3.50. The van der Waals surface area contributed by atoms with Crippen LogP contribution in [0.1, 0.15) is 37.7 Å². The average molecular weight is 290 g/mol. The second-order valence-corrected chi connectivity index (χ2v) is 6.39. The van der Waals surface area contributed by atoms with Gasteiger partial charge in [-0.3, -0.25) is 0 Å². The summed E-state index contributed by atoms with van der Waals surface area (Å²) in [6.45, 7) is 0. The van der Waals surface area contributed by atoms with Crippen LogP contribution in [-0.2, 0) is 20.6 Å². The van der Waals surface area contributed by atoms with Gasteiger partial charge in [0.1, 0.15) is 12.2 Å². The highest BCUT2D eigenvalue weighted by atomic mass is 16.8. The van der Waals surface area contributed by atoms with Crippen molar-refractivity contribution in [3.63, 3.8) is 0 Å². The molecular weight excluding hydrogens is 268 g/mol. The number of aliphatic hydroxyl groups excluding tert-OH is 1. The number of ether oxygens (including phenoxy) is 3. The SMILES string of the molecule is O[C@@H]1[C@H]2OC3(CCCCC3)O[C@H]2O[C@@H]1Cc1ccccc1. The van der Waals surface area contributed by atoms with E-state index in [0.717, 1.165) is 31.2 Å². The fourth-order valence-electron chi connectivity index (χ4n) is 3.75. The van der Waals surface area contributed by atoms with Gasteiger partial charge < -0.3 is 19.3 Å². The van der Waals surface area contributed by atoms with Crippen molar-refractivity contribution in [1.82, 2.24) is 0 Å². The summed E-state index contributed by atoms with van der Waals surface area (Å²) < 4.78 is 18.1. The summed E-state index contributed by atoms with van der Waals surface area (Å²) in [4.78, 5) is 0. The Balaban J connectivity index is 1.43. The van der Waals surface area contributed by atoms with E-state index in [1.165, 1.54) is 6.42 Å². The highest BCUT2D eigenvalue weighted by Crippen LogP contribution is 2.45. The van der Waals surface area contributed by atoms with Gasteiger partial charge in [-0.15, -0.1) is 0 Å². The zero-order valence-electron chi connectivity index (χ0n) is 12.1. The molecule has 1 aliphatic carbocycles. The fourth-order valence-corrected chi connectivity index (χ4v) is 3.75. The number of rotatable bonds is 2. The van der Waals surface area contributed by atoms with Gasteiger partial charge in [0, 0.05) is 19.3 Å². The molecule has 1 aromatic rings. The lowest BCUT2D eigenvalue weighted by Gasteiger charge is -2.33. The van der Waals surface area contributed by atoms with Gasteiger partial charge in [-0.05, 0) is 18.4 Å². The van der Waals surface area contributed by atoms with Crippen molar-refractivity contribution in [2.24, 2.45) is 0 Å². The van der Waals surface area contributed by atoms with Gasteiger partial charge in [-0.1, -0.05) is 36.8 Å². The smallest absolute Gasteiger partial charge is 0.190 e. The number of benzene rings is 1. The van der Waals surface area contributed by atoms with Gasteiger partial charge in [-0.2, -0.15) is 0 Å². The predicted octanol–water partition coefficient (Wildman–Crippen LogP) is 2.39. The minimum atomic E-state index is -0.614. The van der Waals surface area contributed by atoms with Gasteiger partial charge in [0.25, 0.3) is 0 Å².